The summed E-state index contributed by atoms with van der Waals surface area (Å²) < 4.78 is 12.7. The number of halogens is 2. The number of benzene rings is 1. The van der Waals surface area contributed by atoms with Gasteiger partial charge >= 0.3 is 0 Å². The molecule has 4 nitrogen and oxygen atoms in total. The molecule has 0 bridgehead atoms. The summed E-state index contributed by atoms with van der Waals surface area (Å²) in [7, 11) is 3.45. The minimum Gasteiger partial charge on any atom is -0.497 e. The van der Waals surface area contributed by atoms with Gasteiger partial charge in [0.2, 0.25) is 0 Å². The molecular formula is C14H16Cl2N2O2. The highest BCUT2D eigenvalue weighted by Crippen LogP contribution is 2.28. The lowest BCUT2D eigenvalue weighted by Gasteiger charge is -2.12. The Morgan fingerprint density at radius 3 is 2.65 bits per heavy atom. The second kappa shape index (κ2) is 6.37. The molecule has 0 spiro atoms. The number of aromatic nitrogens is 2. The first kappa shape index (κ1) is 15.0. The summed E-state index contributed by atoms with van der Waals surface area (Å²) in [6, 6.07) is 5.55. The molecule has 0 unspecified atom stereocenters. The SMILES string of the molecule is COc1ccc(CCl)c(OCc2c(Cl)c(C)nn2C)c1. The second-order valence-corrected chi connectivity index (χ2v) is 5.01. The van der Waals surface area contributed by atoms with E-state index in [0.29, 0.717) is 23.3 Å². The van der Waals surface area contributed by atoms with Gasteiger partial charge < -0.3 is 9.47 Å². The molecule has 108 valence electrons. The van der Waals surface area contributed by atoms with Crippen molar-refractivity contribution in [1.82, 2.24) is 9.78 Å². The first-order valence-electron chi connectivity index (χ1n) is 6.10. The maximum atomic E-state index is 6.20. The zero-order chi connectivity index (χ0) is 14.7. The summed E-state index contributed by atoms with van der Waals surface area (Å²) >= 11 is 12.1. The van der Waals surface area contributed by atoms with E-state index in [9.17, 15) is 0 Å². The Labute approximate surface area is 128 Å². The molecule has 0 saturated carbocycles. The smallest absolute Gasteiger partial charge is 0.131 e. The van der Waals surface area contributed by atoms with E-state index in [1.54, 1.807) is 11.8 Å². The third-order valence-corrected chi connectivity index (χ3v) is 3.82. The monoisotopic (exact) mass is 314 g/mol. The van der Waals surface area contributed by atoms with Crippen LogP contribution < -0.4 is 9.47 Å². The molecule has 20 heavy (non-hydrogen) atoms. The Kier molecular flexibility index (Phi) is 4.78. The van der Waals surface area contributed by atoms with Crippen molar-refractivity contribution in [2.24, 2.45) is 7.05 Å². The van der Waals surface area contributed by atoms with Crippen LogP contribution in [0.4, 0.5) is 0 Å². The summed E-state index contributed by atoms with van der Waals surface area (Å²) in [5.41, 5.74) is 2.52. The van der Waals surface area contributed by atoms with E-state index in [1.807, 2.05) is 32.2 Å². The Hall–Kier alpha value is -1.39. The first-order chi connectivity index (χ1) is 9.56. The molecule has 1 aromatic heterocycles. The highest BCUT2D eigenvalue weighted by Gasteiger charge is 2.13. The lowest BCUT2D eigenvalue weighted by Crippen LogP contribution is -2.04. The van der Waals surface area contributed by atoms with Gasteiger partial charge in [-0.25, -0.2) is 0 Å². The molecule has 0 N–H and O–H groups in total. The van der Waals surface area contributed by atoms with Crippen LogP contribution in [0.2, 0.25) is 5.02 Å². The van der Waals surface area contributed by atoms with E-state index in [2.05, 4.69) is 5.10 Å². The lowest BCUT2D eigenvalue weighted by atomic mass is 10.2. The van der Waals surface area contributed by atoms with Crippen molar-refractivity contribution >= 4 is 23.2 Å². The van der Waals surface area contributed by atoms with Crippen LogP contribution in [0.5, 0.6) is 11.5 Å². The molecular weight excluding hydrogens is 299 g/mol. The number of ether oxygens (including phenoxy) is 2. The molecule has 0 radical (unpaired) electrons. The highest BCUT2D eigenvalue weighted by molar-refractivity contribution is 6.31. The molecule has 2 aromatic rings. The summed E-state index contributed by atoms with van der Waals surface area (Å²) in [5, 5.41) is 4.88. The van der Waals surface area contributed by atoms with Crippen LogP contribution in [0.3, 0.4) is 0 Å². The van der Waals surface area contributed by atoms with Crippen molar-refractivity contribution in [2.75, 3.05) is 7.11 Å². The molecule has 1 aromatic carbocycles. The largest absolute Gasteiger partial charge is 0.497 e. The second-order valence-electron chi connectivity index (χ2n) is 4.37. The zero-order valence-corrected chi connectivity index (χ0v) is 13.1. The quantitative estimate of drug-likeness (QED) is 0.789. The molecule has 0 fully saturated rings. The van der Waals surface area contributed by atoms with Crippen molar-refractivity contribution in [3.05, 3.63) is 40.2 Å². The number of alkyl halides is 1. The molecule has 0 amide bonds. The van der Waals surface area contributed by atoms with E-state index >= 15 is 0 Å². The number of hydrogen-bond acceptors (Lipinski definition) is 3. The summed E-state index contributed by atoms with van der Waals surface area (Å²) in [5.74, 6) is 1.78. The topological polar surface area (TPSA) is 36.3 Å². The number of methoxy groups -OCH3 is 1. The van der Waals surface area contributed by atoms with Gasteiger partial charge in [-0.05, 0) is 13.0 Å². The fourth-order valence-electron chi connectivity index (χ4n) is 1.89. The molecule has 0 atom stereocenters. The van der Waals surface area contributed by atoms with E-state index in [-0.39, 0.29) is 0 Å². The summed E-state index contributed by atoms with van der Waals surface area (Å²) in [6.45, 7) is 2.19. The van der Waals surface area contributed by atoms with Gasteiger partial charge in [0, 0.05) is 18.7 Å². The van der Waals surface area contributed by atoms with Gasteiger partial charge in [-0.15, -0.1) is 11.6 Å². The molecule has 0 aliphatic carbocycles. The van der Waals surface area contributed by atoms with Crippen molar-refractivity contribution < 1.29 is 9.47 Å². The molecule has 0 aliphatic heterocycles. The number of hydrogen-bond donors (Lipinski definition) is 0. The van der Waals surface area contributed by atoms with Crippen molar-refractivity contribution in [1.29, 1.82) is 0 Å². The minimum atomic E-state index is 0.327. The van der Waals surface area contributed by atoms with E-state index < -0.39 is 0 Å². The van der Waals surface area contributed by atoms with Crippen LogP contribution in [0.25, 0.3) is 0 Å². The van der Waals surface area contributed by atoms with Gasteiger partial charge in [0.25, 0.3) is 0 Å². The number of nitrogens with zero attached hydrogens (tertiary/aromatic N) is 2. The van der Waals surface area contributed by atoms with Crippen molar-refractivity contribution in [3.8, 4) is 11.5 Å². The van der Waals surface area contributed by atoms with E-state index in [1.165, 1.54) is 0 Å². The molecule has 2 rings (SSSR count). The predicted octanol–water partition coefficient (Wildman–Crippen LogP) is 3.71. The van der Waals surface area contributed by atoms with Gasteiger partial charge in [0.05, 0.1) is 29.4 Å². The van der Waals surface area contributed by atoms with E-state index in [0.717, 1.165) is 22.7 Å². The Morgan fingerprint density at radius 1 is 1.35 bits per heavy atom. The average molecular weight is 315 g/mol. The summed E-state index contributed by atoms with van der Waals surface area (Å²) in [6.07, 6.45) is 0. The van der Waals surface area contributed by atoms with Crippen LogP contribution in [0.1, 0.15) is 17.0 Å². The van der Waals surface area contributed by atoms with Crippen molar-refractivity contribution in [2.45, 2.75) is 19.4 Å². The predicted molar refractivity (Wildman–Crippen MR) is 79.8 cm³/mol. The zero-order valence-electron chi connectivity index (χ0n) is 11.6. The highest BCUT2D eigenvalue weighted by atomic mass is 35.5. The van der Waals surface area contributed by atoms with Gasteiger partial charge in [-0.2, -0.15) is 5.10 Å². The first-order valence-corrected chi connectivity index (χ1v) is 7.01. The molecule has 1 heterocycles. The van der Waals surface area contributed by atoms with Gasteiger partial charge in [0.15, 0.2) is 0 Å². The van der Waals surface area contributed by atoms with E-state index in [4.69, 9.17) is 32.7 Å². The normalized spacial score (nSPS) is 10.7. The third kappa shape index (κ3) is 3.02. The van der Waals surface area contributed by atoms with Crippen LogP contribution in [-0.2, 0) is 19.5 Å². The van der Waals surface area contributed by atoms with Crippen LogP contribution in [0.15, 0.2) is 18.2 Å². The molecule has 6 heteroatoms. The van der Waals surface area contributed by atoms with Gasteiger partial charge in [-0.1, -0.05) is 17.7 Å². The molecule has 0 aliphatic rings. The fraction of sp³-hybridized carbons (Fsp3) is 0.357. The maximum absolute atomic E-state index is 6.20. The average Bonchev–Trinajstić information content (AvgIpc) is 2.70. The lowest BCUT2D eigenvalue weighted by molar-refractivity contribution is 0.290. The fourth-order valence-corrected chi connectivity index (χ4v) is 2.33. The Morgan fingerprint density at radius 2 is 2.10 bits per heavy atom. The molecule has 0 saturated heterocycles. The number of aryl methyl sites for hydroxylation is 2. The Bertz CT molecular complexity index is 611. The Balaban J connectivity index is 2.21. The van der Waals surface area contributed by atoms with Crippen molar-refractivity contribution in [3.63, 3.8) is 0 Å². The third-order valence-electron chi connectivity index (χ3n) is 3.04. The maximum Gasteiger partial charge on any atom is 0.131 e. The standard InChI is InChI=1S/C14H16Cl2N2O2/c1-9-14(16)12(18(2)17-9)8-20-13-6-11(19-3)5-4-10(13)7-15/h4-6H,7-8H2,1-3H3. The van der Waals surface area contributed by atoms with Crippen LogP contribution in [0, 0.1) is 6.92 Å². The van der Waals surface area contributed by atoms with Crippen LogP contribution >= 0.6 is 23.2 Å². The minimum absolute atomic E-state index is 0.327. The van der Waals surface area contributed by atoms with Gasteiger partial charge in [-0.3, -0.25) is 4.68 Å². The van der Waals surface area contributed by atoms with Gasteiger partial charge in [0.1, 0.15) is 18.1 Å². The summed E-state index contributed by atoms with van der Waals surface area (Å²) in [4.78, 5) is 0. The number of rotatable bonds is 5. The van der Waals surface area contributed by atoms with Crippen LogP contribution in [-0.4, -0.2) is 16.9 Å².